The van der Waals surface area contributed by atoms with Gasteiger partial charge in [0.1, 0.15) is 0 Å². The van der Waals surface area contributed by atoms with Crippen LogP contribution in [0.3, 0.4) is 0 Å². The van der Waals surface area contributed by atoms with Crippen molar-refractivity contribution in [1.82, 2.24) is 5.32 Å². The molecule has 2 nitrogen and oxygen atoms in total. The van der Waals surface area contributed by atoms with Crippen molar-refractivity contribution in [3.8, 4) is 0 Å². The molecule has 0 bridgehead atoms. The van der Waals surface area contributed by atoms with Gasteiger partial charge in [0.2, 0.25) is 5.91 Å². The Morgan fingerprint density at radius 2 is 1.78 bits per heavy atom. The highest BCUT2D eigenvalue weighted by Crippen LogP contribution is 2.57. The summed E-state index contributed by atoms with van der Waals surface area (Å²) in [6.07, 6.45) is 10.5. The van der Waals surface area contributed by atoms with E-state index in [9.17, 15) is 4.79 Å². The number of amides is 1. The third-order valence-electron chi connectivity index (χ3n) is 5.54. The van der Waals surface area contributed by atoms with Gasteiger partial charge in [0, 0.05) is 17.8 Å². The van der Waals surface area contributed by atoms with Gasteiger partial charge in [-0.05, 0) is 42.9 Å². The summed E-state index contributed by atoms with van der Waals surface area (Å²) < 4.78 is 0. The van der Waals surface area contributed by atoms with Crippen LogP contribution in [0, 0.1) is 23.2 Å². The molecule has 0 saturated heterocycles. The number of hydrogen-bond acceptors (Lipinski definition) is 1. The van der Waals surface area contributed by atoms with Gasteiger partial charge in [-0.25, -0.2) is 0 Å². The summed E-state index contributed by atoms with van der Waals surface area (Å²) >= 11 is 3.67. The number of fused-ring (bicyclic) bond motifs is 1. The maximum atomic E-state index is 12.2. The van der Waals surface area contributed by atoms with Crippen molar-refractivity contribution in [2.24, 2.45) is 23.2 Å². The van der Waals surface area contributed by atoms with Crippen molar-refractivity contribution in [2.75, 3.05) is 11.9 Å². The molecule has 0 aliphatic heterocycles. The Balaban J connectivity index is 1.49. The number of nitrogens with one attached hydrogen (secondary N) is 1. The lowest BCUT2D eigenvalue weighted by atomic mass is 9.75. The zero-order valence-electron chi connectivity index (χ0n) is 11.1. The van der Waals surface area contributed by atoms with Gasteiger partial charge >= 0.3 is 0 Å². The molecule has 3 aliphatic carbocycles. The molecule has 0 heterocycles. The molecule has 1 amide bonds. The fourth-order valence-electron chi connectivity index (χ4n) is 4.26. The van der Waals surface area contributed by atoms with E-state index in [-0.39, 0.29) is 0 Å². The smallest absolute Gasteiger partial charge is 0.223 e. The molecule has 0 radical (unpaired) electrons. The molecule has 3 fully saturated rings. The monoisotopic (exact) mass is 313 g/mol. The van der Waals surface area contributed by atoms with E-state index in [1.54, 1.807) is 0 Å². The van der Waals surface area contributed by atoms with Gasteiger partial charge in [-0.2, -0.15) is 0 Å². The van der Waals surface area contributed by atoms with Crippen molar-refractivity contribution in [2.45, 2.75) is 51.4 Å². The lowest BCUT2D eigenvalue weighted by Crippen LogP contribution is -2.41. The molecule has 102 valence electrons. The van der Waals surface area contributed by atoms with E-state index in [2.05, 4.69) is 21.2 Å². The largest absolute Gasteiger partial charge is 0.355 e. The lowest BCUT2D eigenvalue weighted by Gasteiger charge is -2.36. The van der Waals surface area contributed by atoms with Gasteiger partial charge in [0.15, 0.2) is 0 Å². The Kier molecular flexibility index (Phi) is 3.70. The molecule has 0 spiro atoms. The Labute approximate surface area is 118 Å². The summed E-state index contributed by atoms with van der Waals surface area (Å²) in [4.78, 5) is 12.2. The first-order chi connectivity index (χ1) is 8.76. The maximum absolute atomic E-state index is 12.2. The second-order valence-electron chi connectivity index (χ2n) is 6.70. The fourth-order valence-corrected chi connectivity index (χ4v) is 5.02. The first kappa shape index (κ1) is 13.0. The molecule has 3 rings (SSSR count). The average Bonchev–Trinajstić information content (AvgIpc) is 2.90. The molecule has 18 heavy (non-hydrogen) atoms. The number of hydrogen-bond donors (Lipinski definition) is 1. The third-order valence-corrected chi connectivity index (χ3v) is 6.73. The van der Waals surface area contributed by atoms with Crippen molar-refractivity contribution in [3.05, 3.63) is 0 Å². The van der Waals surface area contributed by atoms with Crippen molar-refractivity contribution in [1.29, 1.82) is 0 Å². The van der Waals surface area contributed by atoms with Crippen LogP contribution in [-0.2, 0) is 4.79 Å². The third kappa shape index (κ3) is 2.35. The fraction of sp³-hybridized carbons (Fsp3) is 0.933. The standard InChI is InChI=1S/C15H24BrNO/c16-9-15(7-2-1-3-8-15)10-17-14(18)13-11-5-4-6-12(11)13/h11-13H,1-10H2,(H,17,18). The Morgan fingerprint density at radius 1 is 1.11 bits per heavy atom. The van der Waals surface area contributed by atoms with Crippen molar-refractivity contribution in [3.63, 3.8) is 0 Å². The van der Waals surface area contributed by atoms with E-state index in [4.69, 9.17) is 0 Å². The van der Waals surface area contributed by atoms with Crippen LogP contribution in [0.15, 0.2) is 0 Å². The van der Waals surface area contributed by atoms with E-state index in [1.165, 1.54) is 51.4 Å². The molecule has 1 N–H and O–H groups in total. The van der Waals surface area contributed by atoms with Gasteiger partial charge in [0.25, 0.3) is 0 Å². The Morgan fingerprint density at radius 3 is 2.39 bits per heavy atom. The van der Waals surface area contributed by atoms with E-state index >= 15 is 0 Å². The second-order valence-corrected chi connectivity index (χ2v) is 7.26. The predicted octanol–water partition coefficient (Wildman–Crippen LogP) is 3.49. The summed E-state index contributed by atoms with van der Waals surface area (Å²) in [5.74, 6) is 2.23. The van der Waals surface area contributed by atoms with Crippen LogP contribution in [0.25, 0.3) is 0 Å². The van der Waals surface area contributed by atoms with Crippen LogP contribution in [0.1, 0.15) is 51.4 Å². The van der Waals surface area contributed by atoms with Crippen LogP contribution in [0.5, 0.6) is 0 Å². The summed E-state index contributed by atoms with van der Waals surface area (Å²) in [5.41, 5.74) is 0.345. The first-order valence-electron chi connectivity index (χ1n) is 7.59. The van der Waals surface area contributed by atoms with Gasteiger partial charge in [-0.3, -0.25) is 4.79 Å². The minimum Gasteiger partial charge on any atom is -0.355 e. The molecule has 0 aromatic heterocycles. The minimum atomic E-state index is 0.345. The molecule has 3 heteroatoms. The Bertz CT molecular complexity index is 314. The summed E-state index contributed by atoms with van der Waals surface area (Å²) in [6.45, 7) is 0.896. The molecular weight excluding hydrogens is 290 g/mol. The van der Waals surface area contributed by atoms with Crippen LogP contribution in [0.2, 0.25) is 0 Å². The van der Waals surface area contributed by atoms with Crippen LogP contribution < -0.4 is 5.32 Å². The average molecular weight is 314 g/mol. The number of carbonyl (C=O) groups excluding carboxylic acids is 1. The number of alkyl halides is 1. The summed E-state index contributed by atoms with van der Waals surface area (Å²) in [5, 5.41) is 4.31. The molecule has 0 aromatic rings. The highest BCUT2D eigenvalue weighted by Gasteiger charge is 2.56. The zero-order chi connectivity index (χ0) is 12.6. The summed E-state index contributed by atoms with van der Waals surface area (Å²) in [7, 11) is 0. The van der Waals surface area contributed by atoms with Gasteiger partial charge in [-0.15, -0.1) is 0 Å². The molecule has 0 aromatic carbocycles. The highest BCUT2D eigenvalue weighted by molar-refractivity contribution is 9.09. The van der Waals surface area contributed by atoms with Crippen molar-refractivity contribution >= 4 is 21.8 Å². The highest BCUT2D eigenvalue weighted by atomic mass is 79.9. The van der Waals surface area contributed by atoms with E-state index < -0.39 is 0 Å². The number of halogens is 1. The normalized spacial score (nSPS) is 37.1. The lowest BCUT2D eigenvalue weighted by molar-refractivity contribution is -0.123. The van der Waals surface area contributed by atoms with Crippen LogP contribution >= 0.6 is 15.9 Å². The van der Waals surface area contributed by atoms with Gasteiger partial charge < -0.3 is 5.32 Å². The van der Waals surface area contributed by atoms with Gasteiger partial charge in [0.05, 0.1) is 0 Å². The van der Waals surface area contributed by atoms with E-state index in [1.807, 2.05) is 0 Å². The van der Waals surface area contributed by atoms with Crippen molar-refractivity contribution < 1.29 is 4.79 Å². The Hall–Kier alpha value is -0.0500. The number of carbonyl (C=O) groups is 1. The molecular formula is C15H24BrNO. The van der Waals surface area contributed by atoms with E-state index in [0.717, 1.165) is 23.7 Å². The topological polar surface area (TPSA) is 29.1 Å². The zero-order valence-corrected chi connectivity index (χ0v) is 12.7. The molecule has 3 aliphatic rings. The van der Waals surface area contributed by atoms with E-state index in [0.29, 0.717) is 17.2 Å². The predicted molar refractivity (Wildman–Crippen MR) is 76.6 cm³/mol. The second kappa shape index (κ2) is 5.15. The molecule has 3 saturated carbocycles. The van der Waals surface area contributed by atoms with Crippen LogP contribution in [0.4, 0.5) is 0 Å². The minimum absolute atomic E-state index is 0.345. The molecule has 2 unspecified atom stereocenters. The SMILES string of the molecule is O=C(NCC1(CBr)CCCCC1)C1C2CCCC21. The quantitative estimate of drug-likeness (QED) is 0.791. The maximum Gasteiger partial charge on any atom is 0.223 e. The summed E-state index contributed by atoms with van der Waals surface area (Å²) in [6, 6.07) is 0. The molecule has 2 atom stereocenters. The number of rotatable bonds is 4. The first-order valence-corrected chi connectivity index (χ1v) is 8.72. The van der Waals surface area contributed by atoms with Gasteiger partial charge in [-0.1, -0.05) is 41.6 Å². The van der Waals surface area contributed by atoms with Crippen LogP contribution in [-0.4, -0.2) is 17.8 Å².